The van der Waals surface area contributed by atoms with Gasteiger partial charge in [0.2, 0.25) is 0 Å². The van der Waals surface area contributed by atoms with Crippen LogP contribution in [0.15, 0.2) is 24.3 Å². The average molecular weight is 222 g/mol. The smallest absolute Gasteiger partial charge is 0.115 e. The zero-order valence-electron chi connectivity index (χ0n) is 9.19. The predicted octanol–water partition coefficient (Wildman–Crippen LogP) is 1.05. The maximum atomic E-state index is 10.2. The number of phenolic OH excluding ortho intramolecular Hbond substituents is 1. The molecule has 1 saturated carbocycles. The molecule has 1 aromatic rings. The maximum absolute atomic E-state index is 10.2. The summed E-state index contributed by atoms with van der Waals surface area (Å²) in [7, 11) is 0. The van der Waals surface area contributed by atoms with E-state index in [0.29, 0.717) is 13.0 Å². The maximum Gasteiger partial charge on any atom is 0.115 e. The van der Waals surface area contributed by atoms with Crippen LogP contribution in [0.1, 0.15) is 19.3 Å². The fourth-order valence-corrected chi connectivity index (χ4v) is 2.15. The van der Waals surface area contributed by atoms with E-state index in [-0.39, 0.29) is 11.8 Å². The highest BCUT2D eigenvalue weighted by Gasteiger charge is 2.35. The van der Waals surface area contributed by atoms with Crippen molar-refractivity contribution in [3.63, 3.8) is 0 Å². The Hall–Kier alpha value is -1.26. The summed E-state index contributed by atoms with van der Waals surface area (Å²) < 4.78 is 0. The van der Waals surface area contributed by atoms with Crippen LogP contribution in [0.3, 0.4) is 0 Å². The molecule has 0 aliphatic heterocycles. The van der Waals surface area contributed by atoms with Gasteiger partial charge < -0.3 is 21.3 Å². The molecule has 2 unspecified atom stereocenters. The van der Waals surface area contributed by atoms with Crippen molar-refractivity contribution in [2.75, 3.05) is 11.9 Å². The van der Waals surface area contributed by atoms with Crippen molar-refractivity contribution >= 4 is 5.69 Å². The van der Waals surface area contributed by atoms with Crippen LogP contribution in [0.5, 0.6) is 5.75 Å². The van der Waals surface area contributed by atoms with Gasteiger partial charge in [0.05, 0.1) is 5.60 Å². The van der Waals surface area contributed by atoms with Crippen LogP contribution in [0.4, 0.5) is 5.69 Å². The van der Waals surface area contributed by atoms with Crippen molar-refractivity contribution in [2.45, 2.75) is 30.9 Å². The molecular weight excluding hydrogens is 204 g/mol. The van der Waals surface area contributed by atoms with E-state index in [1.165, 1.54) is 0 Å². The minimum absolute atomic E-state index is 0.117. The number of phenols is 1. The summed E-state index contributed by atoms with van der Waals surface area (Å²) in [6.07, 6.45) is 2.28. The lowest BCUT2D eigenvalue weighted by Gasteiger charge is -2.23. The van der Waals surface area contributed by atoms with Crippen molar-refractivity contribution < 1.29 is 10.2 Å². The van der Waals surface area contributed by atoms with Gasteiger partial charge in [0, 0.05) is 18.3 Å². The standard InChI is InChI=1S/C12H18N2O2/c13-9-5-6-12(16,7-9)8-14-10-1-3-11(15)4-2-10/h1-4,9,14-16H,5-8,13H2. The molecule has 2 rings (SSSR count). The molecule has 1 aliphatic carbocycles. The van der Waals surface area contributed by atoms with Gasteiger partial charge in [-0.25, -0.2) is 0 Å². The normalized spacial score (nSPS) is 29.2. The zero-order chi connectivity index (χ0) is 11.6. The number of benzene rings is 1. The van der Waals surface area contributed by atoms with Crippen LogP contribution in [-0.4, -0.2) is 28.4 Å². The molecule has 0 radical (unpaired) electrons. The fourth-order valence-electron chi connectivity index (χ4n) is 2.15. The van der Waals surface area contributed by atoms with Crippen molar-refractivity contribution in [1.29, 1.82) is 0 Å². The van der Waals surface area contributed by atoms with E-state index in [1.807, 2.05) is 0 Å². The number of hydrogen-bond donors (Lipinski definition) is 4. The zero-order valence-corrected chi connectivity index (χ0v) is 9.19. The molecule has 2 atom stereocenters. The second-order valence-electron chi connectivity index (χ2n) is 4.63. The van der Waals surface area contributed by atoms with Crippen LogP contribution in [0.25, 0.3) is 0 Å². The third-order valence-electron chi connectivity index (χ3n) is 3.11. The van der Waals surface area contributed by atoms with Crippen molar-refractivity contribution in [3.05, 3.63) is 24.3 Å². The second kappa shape index (κ2) is 4.31. The number of nitrogens with two attached hydrogens (primary N) is 1. The SMILES string of the molecule is NC1CCC(O)(CNc2ccc(O)cc2)C1. The van der Waals surface area contributed by atoms with E-state index in [4.69, 9.17) is 10.8 Å². The lowest BCUT2D eigenvalue weighted by Crippen LogP contribution is -2.35. The van der Waals surface area contributed by atoms with E-state index in [1.54, 1.807) is 24.3 Å². The molecule has 0 heterocycles. The van der Waals surface area contributed by atoms with Gasteiger partial charge in [-0.2, -0.15) is 0 Å². The molecule has 4 nitrogen and oxygen atoms in total. The van der Waals surface area contributed by atoms with Crippen LogP contribution in [0, 0.1) is 0 Å². The van der Waals surface area contributed by atoms with Gasteiger partial charge in [-0.3, -0.25) is 0 Å². The van der Waals surface area contributed by atoms with E-state index < -0.39 is 5.60 Å². The quantitative estimate of drug-likeness (QED) is 0.576. The van der Waals surface area contributed by atoms with Crippen molar-refractivity contribution in [1.82, 2.24) is 0 Å². The monoisotopic (exact) mass is 222 g/mol. The lowest BCUT2D eigenvalue weighted by atomic mass is 10.0. The Morgan fingerprint density at radius 1 is 1.38 bits per heavy atom. The van der Waals surface area contributed by atoms with Gasteiger partial charge >= 0.3 is 0 Å². The fraction of sp³-hybridized carbons (Fsp3) is 0.500. The minimum atomic E-state index is -0.683. The van der Waals surface area contributed by atoms with Crippen molar-refractivity contribution in [3.8, 4) is 5.75 Å². The summed E-state index contributed by atoms with van der Waals surface area (Å²) in [6, 6.07) is 6.92. The predicted molar refractivity (Wildman–Crippen MR) is 63.4 cm³/mol. The Morgan fingerprint density at radius 2 is 2.06 bits per heavy atom. The molecule has 16 heavy (non-hydrogen) atoms. The summed E-state index contributed by atoms with van der Waals surface area (Å²) in [5, 5.41) is 22.5. The Bertz CT molecular complexity index is 353. The van der Waals surface area contributed by atoms with Gasteiger partial charge in [-0.15, -0.1) is 0 Å². The first-order valence-electron chi connectivity index (χ1n) is 5.58. The Balaban J connectivity index is 1.90. The van der Waals surface area contributed by atoms with Gasteiger partial charge in [-0.1, -0.05) is 0 Å². The minimum Gasteiger partial charge on any atom is -0.508 e. The first-order chi connectivity index (χ1) is 7.57. The molecule has 4 heteroatoms. The summed E-state index contributed by atoms with van der Waals surface area (Å²) in [4.78, 5) is 0. The van der Waals surface area contributed by atoms with Gasteiger partial charge in [0.15, 0.2) is 0 Å². The van der Waals surface area contributed by atoms with Gasteiger partial charge in [0.25, 0.3) is 0 Å². The second-order valence-corrected chi connectivity index (χ2v) is 4.63. The molecule has 0 amide bonds. The van der Waals surface area contributed by atoms with Crippen LogP contribution < -0.4 is 11.1 Å². The number of anilines is 1. The molecule has 0 saturated heterocycles. The number of hydrogen-bond acceptors (Lipinski definition) is 4. The van der Waals surface area contributed by atoms with Crippen LogP contribution >= 0.6 is 0 Å². The third kappa shape index (κ3) is 2.65. The van der Waals surface area contributed by atoms with Gasteiger partial charge in [0.1, 0.15) is 5.75 Å². The van der Waals surface area contributed by atoms with Crippen LogP contribution in [-0.2, 0) is 0 Å². The van der Waals surface area contributed by atoms with Crippen molar-refractivity contribution in [2.24, 2.45) is 5.73 Å². The Labute approximate surface area is 95.1 Å². The summed E-state index contributed by atoms with van der Waals surface area (Å²) in [6.45, 7) is 0.505. The highest BCUT2D eigenvalue weighted by molar-refractivity contribution is 5.46. The van der Waals surface area contributed by atoms with E-state index in [0.717, 1.165) is 18.5 Å². The van der Waals surface area contributed by atoms with E-state index in [9.17, 15) is 5.11 Å². The molecule has 88 valence electrons. The summed E-state index contributed by atoms with van der Waals surface area (Å²) >= 11 is 0. The largest absolute Gasteiger partial charge is 0.508 e. The first-order valence-corrected chi connectivity index (χ1v) is 5.58. The van der Waals surface area contributed by atoms with E-state index >= 15 is 0 Å². The third-order valence-corrected chi connectivity index (χ3v) is 3.11. The lowest BCUT2D eigenvalue weighted by molar-refractivity contribution is 0.0601. The highest BCUT2D eigenvalue weighted by Crippen LogP contribution is 2.29. The molecular formula is C12H18N2O2. The van der Waals surface area contributed by atoms with E-state index in [2.05, 4.69) is 5.32 Å². The molecule has 0 bridgehead atoms. The Morgan fingerprint density at radius 3 is 2.62 bits per heavy atom. The topological polar surface area (TPSA) is 78.5 Å². The number of nitrogens with one attached hydrogen (secondary N) is 1. The summed E-state index contributed by atoms with van der Waals surface area (Å²) in [5.74, 6) is 0.243. The van der Waals surface area contributed by atoms with Crippen LogP contribution in [0.2, 0.25) is 0 Å². The molecule has 0 spiro atoms. The molecule has 1 fully saturated rings. The summed E-state index contributed by atoms with van der Waals surface area (Å²) in [5.41, 5.74) is 5.99. The molecule has 0 aromatic heterocycles. The Kier molecular flexibility index (Phi) is 3.03. The first kappa shape index (κ1) is 11.2. The molecule has 1 aromatic carbocycles. The molecule has 1 aliphatic rings. The van der Waals surface area contributed by atoms with Gasteiger partial charge in [-0.05, 0) is 43.5 Å². The number of aliphatic hydroxyl groups is 1. The average Bonchev–Trinajstić information content (AvgIpc) is 2.59. The molecule has 5 N–H and O–H groups in total. The number of rotatable bonds is 3. The number of aromatic hydroxyl groups is 1. The highest BCUT2D eigenvalue weighted by atomic mass is 16.3.